The van der Waals surface area contributed by atoms with E-state index in [1.807, 2.05) is 36.4 Å². The van der Waals surface area contributed by atoms with Crippen LogP contribution in [0.3, 0.4) is 0 Å². The number of carbonyl (C=O) groups is 1. The number of carboxylic acid groups (broad SMARTS) is 1. The van der Waals surface area contributed by atoms with Crippen molar-refractivity contribution in [1.29, 1.82) is 0 Å². The summed E-state index contributed by atoms with van der Waals surface area (Å²) < 4.78 is 0. The molecule has 0 aliphatic heterocycles. The second-order valence-electron chi connectivity index (χ2n) is 4.60. The number of hydrogen-bond donors (Lipinski definition) is 2. The van der Waals surface area contributed by atoms with Crippen LogP contribution in [0.2, 0.25) is 0 Å². The van der Waals surface area contributed by atoms with Gasteiger partial charge in [0, 0.05) is 18.9 Å². The average molecular weight is 270 g/mol. The van der Waals surface area contributed by atoms with E-state index in [4.69, 9.17) is 0 Å². The summed E-state index contributed by atoms with van der Waals surface area (Å²) in [6, 6.07) is 10.7. The molecular weight excluding hydrogens is 252 g/mol. The van der Waals surface area contributed by atoms with Gasteiger partial charge in [-0.1, -0.05) is 31.2 Å². The second kappa shape index (κ2) is 6.82. The third kappa shape index (κ3) is 3.65. The molecule has 2 rings (SSSR count). The minimum Gasteiger partial charge on any atom is -0.480 e. The highest BCUT2D eigenvalue weighted by Crippen LogP contribution is 2.15. The van der Waals surface area contributed by atoms with Crippen molar-refractivity contribution in [3.05, 3.63) is 65.5 Å². The Balaban J connectivity index is 2.08. The largest absolute Gasteiger partial charge is 0.480 e. The Bertz CT molecular complexity index is 552. The van der Waals surface area contributed by atoms with Crippen LogP contribution in [0.15, 0.2) is 48.8 Å². The number of pyridine rings is 1. The molecule has 104 valence electrons. The zero-order valence-corrected chi connectivity index (χ0v) is 11.4. The van der Waals surface area contributed by atoms with E-state index in [1.165, 1.54) is 5.56 Å². The van der Waals surface area contributed by atoms with Gasteiger partial charge in [-0.05, 0) is 35.2 Å². The Morgan fingerprint density at radius 2 is 1.80 bits per heavy atom. The van der Waals surface area contributed by atoms with Crippen molar-refractivity contribution >= 4 is 5.97 Å². The van der Waals surface area contributed by atoms with Crippen molar-refractivity contribution in [2.45, 2.75) is 25.9 Å². The number of aryl methyl sites for hydroxylation is 1. The second-order valence-corrected chi connectivity index (χ2v) is 4.60. The molecule has 0 saturated heterocycles. The van der Waals surface area contributed by atoms with Gasteiger partial charge in [-0.2, -0.15) is 0 Å². The Labute approximate surface area is 118 Å². The molecule has 0 radical (unpaired) electrons. The molecule has 0 amide bonds. The Morgan fingerprint density at radius 1 is 1.15 bits per heavy atom. The summed E-state index contributed by atoms with van der Waals surface area (Å²) in [5, 5.41) is 12.4. The lowest BCUT2D eigenvalue weighted by atomic mass is 10.0. The van der Waals surface area contributed by atoms with Crippen LogP contribution < -0.4 is 5.32 Å². The van der Waals surface area contributed by atoms with Crippen LogP contribution in [0.25, 0.3) is 0 Å². The molecule has 1 unspecified atom stereocenters. The first-order valence-corrected chi connectivity index (χ1v) is 6.64. The third-order valence-corrected chi connectivity index (χ3v) is 3.23. The molecule has 1 aromatic carbocycles. The number of nitrogens with one attached hydrogen (secondary N) is 1. The van der Waals surface area contributed by atoms with Crippen molar-refractivity contribution in [1.82, 2.24) is 10.3 Å². The predicted octanol–water partition coefficient (Wildman–Crippen LogP) is 2.56. The normalized spacial score (nSPS) is 12.1. The quantitative estimate of drug-likeness (QED) is 0.847. The Hall–Kier alpha value is -2.20. The van der Waals surface area contributed by atoms with E-state index in [0.717, 1.165) is 17.5 Å². The average Bonchev–Trinajstić information content (AvgIpc) is 2.49. The monoisotopic (exact) mass is 270 g/mol. The highest BCUT2D eigenvalue weighted by molar-refractivity contribution is 5.75. The van der Waals surface area contributed by atoms with Gasteiger partial charge in [0.2, 0.25) is 0 Å². The van der Waals surface area contributed by atoms with E-state index in [1.54, 1.807) is 12.4 Å². The van der Waals surface area contributed by atoms with Crippen molar-refractivity contribution in [3.63, 3.8) is 0 Å². The molecule has 0 aliphatic rings. The molecular formula is C16H18N2O2. The number of benzene rings is 1. The van der Waals surface area contributed by atoms with E-state index >= 15 is 0 Å². The lowest BCUT2D eigenvalue weighted by Crippen LogP contribution is -2.28. The lowest BCUT2D eigenvalue weighted by molar-refractivity contribution is -0.139. The molecule has 1 heterocycles. The van der Waals surface area contributed by atoms with Crippen LogP contribution >= 0.6 is 0 Å². The number of aromatic nitrogens is 1. The van der Waals surface area contributed by atoms with Gasteiger partial charge < -0.3 is 5.11 Å². The predicted molar refractivity (Wildman–Crippen MR) is 77.3 cm³/mol. The molecule has 0 spiro atoms. The van der Waals surface area contributed by atoms with Gasteiger partial charge >= 0.3 is 5.97 Å². The first-order chi connectivity index (χ1) is 9.70. The molecule has 0 saturated carbocycles. The number of nitrogens with zero attached hydrogens (tertiary/aromatic N) is 1. The maximum Gasteiger partial charge on any atom is 0.325 e. The van der Waals surface area contributed by atoms with Gasteiger partial charge in [-0.25, -0.2) is 0 Å². The van der Waals surface area contributed by atoms with E-state index in [0.29, 0.717) is 6.54 Å². The van der Waals surface area contributed by atoms with Crippen LogP contribution in [0.4, 0.5) is 0 Å². The van der Waals surface area contributed by atoms with E-state index in [2.05, 4.69) is 17.2 Å². The first-order valence-electron chi connectivity index (χ1n) is 6.64. The smallest absolute Gasteiger partial charge is 0.325 e. The summed E-state index contributed by atoms with van der Waals surface area (Å²) in [7, 11) is 0. The molecule has 0 bridgehead atoms. The highest BCUT2D eigenvalue weighted by Gasteiger charge is 2.18. The molecule has 2 N–H and O–H groups in total. The highest BCUT2D eigenvalue weighted by atomic mass is 16.4. The maximum absolute atomic E-state index is 11.4. The standard InChI is InChI=1S/C16H18N2O2/c1-2-12-3-5-14(6-4-12)15(16(19)20)18-11-13-7-9-17-10-8-13/h3-10,15,18H,2,11H2,1H3,(H,19,20). The zero-order chi connectivity index (χ0) is 14.4. The fourth-order valence-corrected chi connectivity index (χ4v) is 2.01. The fraction of sp³-hybridized carbons (Fsp3) is 0.250. The van der Waals surface area contributed by atoms with Crippen LogP contribution in [0.1, 0.15) is 29.7 Å². The topological polar surface area (TPSA) is 62.2 Å². The fourth-order valence-electron chi connectivity index (χ4n) is 2.01. The molecule has 1 atom stereocenters. The van der Waals surface area contributed by atoms with Gasteiger partial charge in [-0.3, -0.25) is 15.1 Å². The SMILES string of the molecule is CCc1ccc(C(NCc2ccncc2)C(=O)O)cc1. The Kier molecular flexibility index (Phi) is 4.85. The molecule has 1 aromatic heterocycles. The van der Waals surface area contributed by atoms with E-state index in [9.17, 15) is 9.90 Å². The first kappa shape index (κ1) is 14.2. The summed E-state index contributed by atoms with van der Waals surface area (Å²) in [5.41, 5.74) is 2.98. The van der Waals surface area contributed by atoms with Gasteiger partial charge in [0.1, 0.15) is 6.04 Å². The minimum atomic E-state index is -0.872. The molecule has 0 aliphatic carbocycles. The number of aliphatic carboxylic acids is 1. The third-order valence-electron chi connectivity index (χ3n) is 3.23. The van der Waals surface area contributed by atoms with Gasteiger partial charge in [0.25, 0.3) is 0 Å². The van der Waals surface area contributed by atoms with E-state index < -0.39 is 12.0 Å². The van der Waals surface area contributed by atoms with Gasteiger partial charge in [-0.15, -0.1) is 0 Å². The van der Waals surface area contributed by atoms with Crippen LogP contribution in [0.5, 0.6) is 0 Å². The maximum atomic E-state index is 11.4. The molecule has 20 heavy (non-hydrogen) atoms. The van der Waals surface area contributed by atoms with Gasteiger partial charge in [0.15, 0.2) is 0 Å². The number of carboxylic acids is 1. The molecule has 2 aromatic rings. The summed E-state index contributed by atoms with van der Waals surface area (Å²) >= 11 is 0. The molecule has 4 nitrogen and oxygen atoms in total. The lowest BCUT2D eigenvalue weighted by Gasteiger charge is -2.15. The van der Waals surface area contributed by atoms with E-state index in [-0.39, 0.29) is 0 Å². The summed E-state index contributed by atoms with van der Waals surface area (Å²) in [4.78, 5) is 15.3. The van der Waals surface area contributed by atoms with Crippen LogP contribution in [0, 0.1) is 0 Å². The minimum absolute atomic E-state index is 0.495. The van der Waals surface area contributed by atoms with Crippen molar-refractivity contribution in [2.75, 3.05) is 0 Å². The number of hydrogen-bond acceptors (Lipinski definition) is 3. The van der Waals surface area contributed by atoms with Crippen LogP contribution in [-0.4, -0.2) is 16.1 Å². The van der Waals surface area contributed by atoms with Gasteiger partial charge in [0.05, 0.1) is 0 Å². The number of rotatable bonds is 6. The zero-order valence-electron chi connectivity index (χ0n) is 11.4. The Morgan fingerprint density at radius 3 is 2.35 bits per heavy atom. The van der Waals surface area contributed by atoms with Crippen LogP contribution in [-0.2, 0) is 17.8 Å². The summed E-state index contributed by atoms with van der Waals surface area (Å²) in [6.45, 7) is 2.57. The van der Waals surface area contributed by atoms with Crippen molar-refractivity contribution < 1.29 is 9.90 Å². The van der Waals surface area contributed by atoms with Crippen molar-refractivity contribution in [3.8, 4) is 0 Å². The summed E-state index contributed by atoms with van der Waals surface area (Å²) in [6.07, 6.45) is 4.34. The van der Waals surface area contributed by atoms with Crippen molar-refractivity contribution in [2.24, 2.45) is 0 Å². The molecule has 4 heteroatoms. The molecule has 0 fully saturated rings. The summed E-state index contributed by atoms with van der Waals surface area (Å²) in [5.74, 6) is -0.872.